The monoisotopic (exact) mass is 244 g/mol. The van der Waals surface area contributed by atoms with Gasteiger partial charge in [-0.05, 0) is 24.1 Å². The van der Waals surface area contributed by atoms with Crippen LogP contribution in [0.25, 0.3) is 11.4 Å². The Balaban J connectivity index is 2.13. The number of ketones is 1. The lowest BCUT2D eigenvalue weighted by Crippen LogP contribution is -2.09. The van der Waals surface area contributed by atoms with E-state index in [-0.39, 0.29) is 11.7 Å². The highest BCUT2D eigenvalue weighted by Gasteiger charge is 2.09. The Kier molecular flexibility index (Phi) is 3.50. The van der Waals surface area contributed by atoms with Gasteiger partial charge in [0.1, 0.15) is 5.78 Å². The third-order valence-corrected chi connectivity index (χ3v) is 2.96. The van der Waals surface area contributed by atoms with Crippen molar-refractivity contribution >= 4 is 5.78 Å². The van der Waals surface area contributed by atoms with Crippen LogP contribution in [-0.4, -0.2) is 26.0 Å². The fourth-order valence-electron chi connectivity index (χ4n) is 1.69. The van der Waals surface area contributed by atoms with Gasteiger partial charge in [0.2, 0.25) is 5.82 Å². The molecule has 0 aliphatic rings. The summed E-state index contributed by atoms with van der Waals surface area (Å²) in [5.41, 5.74) is 2.08. The smallest absolute Gasteiger partial charge is 0.204 e. The molecule has 2 rings (SSSR count). The lowest BCUT2D eigenvalue weighted by atomic mass is 9.97. The summed E-state index contributed by atoms with van der Waals surface area (Å²) in [5, 5.41) is 11.9. The molecule has 0 aliphatic carbocycles. The van der Waals surface area contributed by atoms with E-state index in [4.69, 9.17) is 0 Å². The Morgan fingerprint density at radius 3 is 2.50 bits per heavy atom. The molecule has 0 saturated heterocycles. The van der Waals surface area contributed by atoms with Crippen LogP contribution < -0.4 is 0 Å². The van der Waals surface area contributed by atoms with Crippen molar-refractivity contribution in [3.63, 3.8) is 0 Å². The Labute approximate surface area is 106 Å². The number of hydrogen-bond acceptors (Lipinski definition) is 4. The van der Waals surface area contributed by atoms with Crippen LogP contribution >= 0.6 is 0 Å². The molecule has 0 unspecified atom stereocenters. The Morgan fingerprint density at radius 2 is 2.00 bits per heavy atom. The van der Waals surface area contributed by atoms with E-state index in [0.717, 1.165) is 17.5 Å². The van der Waals surface area contributed by atoms with E-state index in [1.165, 1.54) is 4.80 Å². The minimum absolute atomic E-state index is 0.0606. The van der Waals surface area contributed by atoms with Gasteiger partial charge < -0.3 is 0 Å². The maximum atomic E-state index is 11.2. The third-order valence-electron chi connectivity index (χ3n) is 2.96. The van der Waals surface area contributed by atoms with Crippen LogP contribution in [0, 0.1) is 5.92 Å². The summed E-state index contributed by atoms with van der Waals surface area (Å²) in [4.78, 5) is 12.6. The van der Waals surface area contributed by atoms with E-state index in [1.807, 2.05) is 31.2 Å². The molecule has 0 amide bonds. The normalized spacial score (nSPS) is 12.4. The second-order valence-electron chi connectivity index (χ2n) is 4.52. The molecule has 94 valence electrons. The Bertz CT molecular complexity index is 544. The van der Waals surface area contributed by atoms with Crippen LogP contribution in [0.2, 0.25) is 0 Å². The standard InChI is InChI=1S/C13H16N4O/c1-9(10(2)18)8-11-4-6-12(7-5-11)13-14-16-17(3)15-13/h4-7,9H,8H2,1-3H3/t9-/m0/s1. The summed E-state index contributed by atoms with van der Waals surface area (Å²) in [5.74, 6) is 0.892. The molecule has 0 aliphatic heterocycles. The van der Waals surface area contributed by atoms with Gasteiger partial charge in [-0.25, -0.2) is 0 Å². The molecule has 0 spiro atoms. The summed E-state index contributed by atoms with van der Waals surface area (Å²) in [6.45, 7) is 3.57. The first kappa shape index (κ1) is 12.4. The quantitative estimate of drug-likeness (QED) is 0.820. The number of benzene rings is 1. The molecule has 0 bridgehead atoms. The van der Waals surface area contributed by atoms with E-state index in [0.29, 0.717) is 5.82 Å². The van der Waals surface area contributed by atoms with Crippen molar-refractivity contribution in [2.45, 2.75) is 20.3 Å². The molecule has 1 atom stereocenters. The minimum Gasteiger partial charge on any atom is -0.300 e. The van der Waals surface area contributed by atoms with Crippen molar-refractivity contribution in [3.05, 3.63) is 29.8 Å². The zero-order valence-electron chi connectivity index (χ0n) is 10.8. The van der Waals surface area contributed by atoms with Gasteiger partial charge in [0.25, 0.3) is 0 Å². The van der Waals surface area contributed by atoms with E-state index in [1.54, 1.807) is 14.0 Å². The summed E-state index contributed by atoms with van der Waals surface area (Å²) >= 11 is 0. The first-order valence-corrected chi connectivity index (χ1v) is 5.90. The number of aryl methyl sites for hydroxylation is 1. The van der Waals surface area contributed by atoms with Gasteiger partial charge in [-0.3, -0.25) is 4.79 Å². The van der Waals surface area contributed by atoms with Crippen molar-refractivity contribution in [2.24, 2.45) is 13.0 Å². The van der Waals surface area contributed by atoms with Crippen LogP contribution in [0.5, 0.6) is 0 Å². The summed E-state index contributed by atoms with van der Waals surface area (Å²) in [7, 11) is 1.74. The maximum absolute atomic E-state index is 11.2. The number of hydrogen-bond donors (Lipinski definition) is 0. The van der Waals surface area contributed by atoms with Gasteiger partial charge in [-0.1, -0.05) is 31.2 Å². The number of carbonyl (C=O) groups is 1. The maximum Gasteiger partial charge on any atom is 0.204 e. The number of aromatic nitrogens is 4. The molecule has 1 heterocycles. The predicted octanol–water partition coefficient (Wildman–Crippen LogP) is 1.64. The summed E-state index contributed by atoms with van der Waals surface area (Å²) < 4.78 is 0. The first-order valence-electron chi connectivity index (χ1n) is 5.90. The van der Waals surface area contributed by atoms with E-state index in [9.17, 15) is 4.79 Å². The lowest BCUT2D eigenvalue weighted by Gasteiger charge is -2.07. The molecular formula is C13H16N4O. The van der Waals surface area contributed by atoms with Gasteiger partial charge in [0, 0.05) is 11.5 Å². The van der Waals surface area contributed by atoms with Crippen LogP contribution in [-0.2, 0) is 18.3 Å². The summed E-state index contributed by atoms with van der Waals surface area (Å²) in [6.07, 6.45) is 0.767. The van der Waals surface area contributed by atoms with Crippen molar-refractivity contribution in [1.29, 1.82) is 0 Å². The van der Waals surface area contributed by atoms with Crippen LogP contribution in [0.3, 0.4) is 0 Å². The molecular weight excluding hydrogens is 228 g/mol. The van der Waals surface area contributed by atoms with Gasteiger partial charge in [-0.2, -0.15) is 4.80 Å². The van der Waals surface area contributed by atoms with E-state index < -0.39 is 0 Å². The Hall–Kier alpha value is -2.04. The van der Waals surface area contributed by atoms with Crippen molar-refractivity contribution in [1.82, 2.24) is 20.2 Å². The van der Waals surface area contributed by atoms with Crippen molar-refractivity contribution in [3.8, 4) is 11.4 Å². The zero-order chi connectivity index (χ0) is 13.1. The molecule has 0 saturated carbocycles. The fraction of sp³-hybridized carbons (Fsp3) is 0.385. The molecule has 0 N–H and O–H groups in total. The van der Waals surface area contributed by atoms with Crippen LogP contribution in [0.1, 0.15) is 19.4 Å². The minimum atomic E-state index is 0.0606. The highest BCUT2D eigenvalue weighted by Crippen LogP contribution is 2.16. The number of nitrogens with zero attached hydrogens (tertiary/aromatic N) is 4. The molecule has 1 aromatic carbocycles. The number of carbonyl (C=O) groups excluding carboxylic acids is 1. The molecule has 5 heteroatoms. The number of Topliss-reactive ketones (excluding diaryl/α,β-unsaturated/α-hetero) is 1. The molecule has 0 fully saturated rings. The predicted molar refractivity (Wildman–Crippen MR) is 67.8 cm³/mol. The second-order valence-corrected chi connectivity index (χ2v) is 4.52. The van der Waals surface area contributed by atoms with Gasteiger partial charge >= 0.3 is 0 Å². The van der Waals surface area contributed by atoms with Gasteiger partial charge in [0.15, 0.2) is 0 Å². The SMILES string of the molecule is CC(=O)[C@@H](C)Cc1ccc(-c2nnn(C)n2)cc1. The molecule has 2 aromatic rings. The molecule has 1 aromatic heterocycles. The number of tetrazole rings is 1. The third kappa shape index (κ3) is 2.80. The average molecular weight is 244 g/mol. The summed E-state index contributed by atoms with van der Waals surface area (Å²) in [6, 6.07) is 7.93. The largest absolute Gasteiger partial charge is 0.300 e. The zero-order valence-corrected chi connectivity index (χ0v) is 10.8. The fourth-order valence-corrected chi connectivity index (χ4v) is 1.69. The van der Waals surface area contributed by atoms with Crippen LogP contribution in [0.15, 0.2) is 24.3 Å². The highest BCUT2D eigenvalue weighted by atomic mass is 16.1. The average Bonchev–Trinajstić information content (AvgIpc) is 2.76. The van der Waals surface area contributed by atoms with Gasteiger partial charge in [-0.15, -0.1) is 10.2 Å². The van der Waals surface area contributed by atoms with Crippen molar-refractivity contribution < 1.29 is 4.79 Å². The molecule has 5 nitrogen and oxygen atoms in total. The highest BCUT2D eigenvalue weighted by molar-refractivity contribution is 5.78. The lowest BCUT2D eigenvalue weighted by molar-refractivity contribution is -0.120. The van der Waals surface area contributed by atoms with E-state index in [2.05, 4.69) is 15.4 Å². The van der Waals surface area contributed by atoms with Crippen molar-refractivity contribution in [2.75, 3.05) is 0 Å². The first-order chi connectivity index (χ1) is 8.56. The molecule has 18 heavy (non-hydrogen) atoms. The van der Waals surface area contributed by atoms with Crippen LogP contribution in [0.4, 0.5) is 0 Å². The second kappa shape index (κ2) is 5.08. The topological polar surface area (TPSA) is 60.7 Å². The Morgan fingerprint density at radius 1 is 1.33 bits per heavy atom. The van der Waals surface area contributed by atoms with E-state index >= 15 is 0 Å². The number of rotatable bonds is 4. The van der Waals surface area contributed by atoms with Gasteiger partial charge in [0.05, 0.1) is 7.05 Å². The molecule has 0 radical (unpaired) electrons.